The number of hydrogen-bond acceptors (Lipinski definition) is 4. The third-order valence-corrected chi connectivity index (χ3v) is 0.910. The number of ether oxygens (including phenoxy) is 4. The Balaban J connectivity index is 2.81. The molecule has 0 spiro atoms. The van der Waals surface area contributed by atoms with Gasteiger partial charge in [-0.3, -0.25) is 0 Å². The number of rotatable bonds is 9. The first kappa shape index (κ1) is 11.0. The van der Waals surface area contributed by atoms with Gasteiger partial charge in [0.2, 0.25) is 0 Å². The zero-order valence-corrected chi connectivity index (χ0v) is 7.03. The molecule has 4 nitrogen and oxygen atoms in total. The van der Waals surface area contributed by atoms with Crippen LogP contribution in [0.4, 0.5) is 0 Å². The second-order valence-electron chi connectivity index (χ2n) is 1.72. The molecule has 0 aromatic rings. The average molecular weight is 174 g/mol. The van der Waals surface area contributed by atoms with Gasteiger partial charge in [0.15, 0.2) is 13.6 Å². The maximum Gasteiger partial charge on any atom is 0.188 e. The van der Waals surface area contributed by atoms with Gasteiger partial charge in [-0.1, -0.05) is 13.2 Å². The van der Waals surface area contributed by atoms with E-state index in [4.69, 9.17) is 18.9 Å². The highest BCUT2D eigenvalue weighted by Crippen LogP contribution is 1.81. The molecule has 0 heterocycles. The van der Waals surface area contributed by atoms with Crippen molar-refractivity contribution in [3.63, 3.8) is 0 Å². The Morgan fingerprint density at radius 3 is 1.58 bits per heavy atom. The predicted molar refractivity (Wildman–Crippen MR) is 44.2 cm³/mol. The van der Waals surface area contributed by atoms with Gasteiger partial charge in [-0.15, -0.1) is 0 Å². The maximum atomic E-state index is 4.95. The van der Waals surface area contributed by atoms with Crippen LogP contribution in [0.1, 0.15) is 0 Å². The van der Waals surface area contributed by atoms with Crippen molar-refractivity contribution in [2.24, 2.45) is 0 Å². The Morgan fingerprint density at radius 1 is 0.833 bits per heavy atom. The quantitative estimate of drug-likeness (QED) is 0.299. The first-order chi connectivity index (χ1) is 5.91. The molecule has 0 aliphatic heterocycles. The number of hydrogen-bond donors (Lipinski definition) is 0. The van der Waals surface area contributed by atoms with E-state index in [1.807, 2.05) is 0 Å². The van der Waals surface area contributed by atoms with E-state index in [9.17, 15) is 0 Å². The van der Waals surface area contributed by atoms with Gasteiger partial charge >= 0.3 is 0 Å². The third-order valence-electron chi connectivity index (χ3n) is 0.910. The van der Waals surface area contributed by atoms with Gasteiger partial charge < -0.3 is 18.9 Å². The van der Waals surface area contributed by atoms with Crippen molar-refractivity contribution >= 4 is 0 Å². The molecule has 0 atom stereocenters. The third kappa shape index (κ3) is 9.00. The Kier molecular flexibility index (Phi) is 9.17. The van der Waals surface area contributed by atoms with Crippen LogP contribution in [-0.2, 0) is 18.9 Å². The molecule has 0 radical (unpaired) electrons. The van der Waals surface area contributed by atoms with Gasteiger partial charge in [0, 0.05) is 0 Å². The molecule has 0 N–H and O–H groups in total. The molecule has 0 aromatic heterocycles. The Bertz CT molecular complexity index is 99.6. The largest absolute Gasteiger partial charge is 0.476 e. The first-order valence-electron chi connectivity index (χ1n) is 3.52. The lowest BCUT2D eigenvalue weighted by molar-refractivity contribution is -0.0664. The molecule has 0 amide bonds. The SMILES string of the molecule is C=COCOCCOCOC=C. The van der Waals surface area contributed by atoms with Crippen LogP contribution in [0.15, 0.2) is 25.7 Å². The molecule has 0 rings (SSSR count). The van der Waals surface area contributed by atoms with E-state index in [0.717, 1.165) is 0 Å². The van der Waals surface area contributed by atoms with Gasteiger partial charge in [-0.2, -0.15) is 0 Å². The highest BCUT2D eigenvalue weighted by Gasteiger charge is 1.87. The molecule has 0 fully saturated rings. The molecule has 12 heavy (non-hydrogen) atoms. The van der Waals surface area contributed by atoms with Gasteiger partial charge in [-0.05, 0) is 0 Å². The lowest BCUT2D eigenvalue weighted by Crippen LogP contribution is -2.06. The van der Waals surface area contributed by atoms with Crippen molar-refractivity contribution in [3.8, 4) is 0 Å². The van der Waals surface area contributed by atoms with Gasteiger partial charge in [-0.25, -0.2) is 0 Å². The minimum Gasteiger partial charge on any atom is -0.476 e. The van der Waals surface area contributed by atoms with Crippen molar-refractivity contribution in [3.05, 3.63) is 25.7 Å². The molecular weight excluding hydrogens is 160 g/mol. The summed E-state index contributed by atoms with van der Waals surface area (Å²) in [6.45, 7) is 8.05. The molecule has 4 heteroatoms. The predicted octanol–water partition coefficient (Wildman–Crippen LogP) is 1.25. The molecule has 0 saturated carbocycles. The van der Waals surface area contributed by atoms with E-state index in [1.165, 1.54) is 12.5 Å². The van der Waals surface area contributed by atoms with Gasteiger partial charge in [0.25, 0.3) is 0 Å². The van der Waals surface area contributed by atoms with Crippen LogP contribution >= 0.6 is 0 Å². The molecule has 0 aliphatic rings. The summed E-state index contributed by atoms with van der Waals surface area (Å²) in [4.78, 5) is 0. The van der Waals surface area contributed by atoms with E-state index < -0.39 is 0 Å². The van der Waals surface area contributed by atoms with Crippen molar-refractivity contribution < 1.29 is 18.9 Å². The lowest BCUT2D eigenvalue weighted by atomic mass is 10.8. The standard InChI is InChI=1S/C8H14O4/c1-3-9-7-11-5-6-12-8-10-4-2/h3-4H,1-2,5-8H2. The second-order valence-corrected chi connectivity index (χ2v) is 1.72. The summed E-state index contributed by atoms with van der Waals surface area (Å²) in [7, 11) is 0. The Labute approximate surface area is 72.4 Å². The fourth-order valence-electron chi connectivity index (χ4n) is 0.428. The minimum atomic E-state index is 0.204. The monoisotopic (exact) mass is 174 g/mol. The van der Waals surface area contributed by atoms with Crippen molar-refractivity contribution in [1.82, 2.24) is 0 Å². The van der Waals surface area contributed by atoms with Crippen LogP contribution in [-0.4, -0.2) is 26.8 Å². The average Bonchev–Trinajstić information content (AvgIpc) is 2.10. The maximum absolute atomic E-state index is 4.95. The molecule has 0 aliphatic carbocycles. The van der Waals surface area contributed by atoms with Crippen LogP contribution in [0, 0.1) is 0 Å². The summed E-state index contributed by atoms with van der Waals surface area (Å²) >= 11 is 0. The van der Waals surface area contributed by atoms with E-state index in [2.05, 4.69) is 13.2 Å². The van der Waals surface area contributed by atoms with Crippen molar-refractivity contribution in [1.29, 1.82) is 0 Å². The normalized spacial score (nSPS) is 9.00. The summed E-state index contributed by atoms with van der Waals surface area (Å²) in [5, 5.41) is 0. The van der Waals surface area contributed by atoms with Crippen molar-refractivity contribution in [2.75, 3.05) is 26.8 Å². The molecule has 0 aromatic carbocycles. The molecule has 70 valence electrons. The van der Waals surface area contributed by atoms with E-state index in [-0.39, 0.29) is 13.6 Å². The molecule has 0 saturated heterocycles. The molecule has 0 bridgehead atoms. The smallest absolute Gasteiger partial charge is 0.188 e. The first-order valence-corrected chi connectivity index (χ1v) is 3.52. The van der Waals surface area contributed by atoms with Crippen LogP contribution in [0.5, 0.6) is 0 Å². The summed E-state index contributed by atoms with van der Waals surface area (Å²) < 4.78 is 19.3. The van der Waals surface area contributed by atoms with Gasteiger partial charge in [0.05, 0.1) is 25.7 Å². The van der Waals surface area contributed by atoms with E-state index >= 15 is 0 Å². The fourth-order valence-corrected chi connectivity index (χ4v) is 0.428. The zero-order chi connectivity index (χ0) is 9.07. The minimum absolute atomic E-state index is 0.204. The van der Waals surface area contributed by atoms with Crippen LogP contribution in [0.25, 0.3) is 0 Å². The molecular formula is C8H14O4. The topological polar surface area (TPSA) is 36.9 Å². The highest BCUT2D eigenvalue weighted by molar-refractivity contribution is 4.45. The summed E-state index contributed by atoms with van der Waals surface area (Å²) in [6.07, 6.45) is 2.64. The van der Waals surface area contributed by atoms with Gasteiger partial charge in [0.1, 0.15) is 0 Å². The van der Waals surface area contributed by atoms with Crippen LogP contribution in [0.3, 0.4) is 0 Å². The zero-order valence-electron chi connectivity index (χ0n) is 7.03. The summed E-state index contributed by atoms with van der Waals surface area (Å²) in [6, 6.07) is 0. The fraction of sp³-hybridized carbons (Fsp3) is 0.500. The highest BCUT2D eigenvalue weighted by atomic mass is 16.7. The second kappa shape index (κ2) is 10.0. The van der Waals surface area contributed by atoms with E-state index in [1.54, 1.807) is 0 Å². The summed E-state index contributed by atoms with van der Waals surface area (Å²) in [5.74, 6) is 0. The van der Waals surface area contributed by atoms with Crippen LogP contribution in [0.2, 0.25) is 0 Å². The Hall–Kier alpha value is -1.00. The Morgan fingerprint density at radius 2 is 1.25 bits per heavy atom. The van der Waals surface area contributed by atoms with Crippen LogP contribution < -0.4 is 0 Å². The van der Waals surface area contributed by atoms with Crippen molar-refractivity contribution in [2.45, 2.75) is 0 Å². The summed E-state index contributed by atoms with van der Waals surface area (Å²) in [5.41, 5.74) is 0. The lowest BCUT2D eigenvalue weighted by Gasteiger charge is -2.04. The molecule has 0 unspecified atom stereocenters. The van der Waals surface area contributed by atoms with E-state index in [0.29, 0.717) is 13.2 Å².